The van der Waals surface area contributed by atoms with Crippen LogP contribution in [0.2, 0.25) is 0 Å². The second kappa shape index (κ2) is 10.4. The predicted octanol–water partition coefficient (Wildman–Crippen LogP) is 4.96. The number of benzene rings is 2. The number of nitrogens with one attached hydrogen (secondary N) is 3. The molecule has 6 nitrogen and oxygen atoms in total. The van der Waals surface area contributed by atoms with Crippen molar-refractivity contribution in [3.8, 4) is 5.75 Å². The molecule has 2 aromatic carbocycles. The van der Waals surface area contributed by atoms with Gasteiger partial charge in [-0.05, 0) is 62.5 Å². The standard InChI is InChI=1S/C21H24BrN3O3S/c1-12(2)19(26)23-15-6-5-7-16(11-15)24-21(29)25-20(27)17-10-14(22)8-9-18(17)28-13(3)4/h5-13H,1-4H3,(H,23,26)(H2,24,25,27,29). The lowest BCUT2D eigenvalue weighted by atomic mass is 10.2. The fourth-order valence-corrected chi connectivity index (χ4v) is 2.90. The fraction of sp³-hybridized carbons (Fsp3) is 0.286. The molecule has 2 aromatic rings. The van der Waals surface area contributed by atoms with Crippen LogP contribution < -0.4 is 20.7 Å². The van der Waals surface area contributed by atoms with E-state index in [0.717, 1.165) is 4.47 Å². The molecule has 0 aliphatic carbocycles. The molecule has 29 heavy (non-hydrogen) atoms. The van der Waals surface area contributed by atoms with Crippen LogP contribution >= 0.6 is 28.1 Å². The number of amides is 2. The number of carbonyl (C=O) groups is 2. The molecule has 0 radical (unpaired) electrons. The summed E-state index contributed by atoms with van der Waals surface area (Å²) in [6, 6.07) is 12.3. The van der Waals surface area contributed by atoms with E-state index >= 15 is 0 Å². The zero-order valence-electron chi connectivity index (χ0n) is 16.7. The Morgan fingerprint density at radius 2 is 1.66 bits per heavy atom. The molecule has 0 atom stereocenters. The molecule has 0 saturated carbocycles. The van der Waals surface area contributed by atoms with Gasteiger partial charge in [-0.2, -0.15) is 0 Å². The summed E-state index contributed by atoms with van der Waals surface area (Å²) in [6.45, 7) is 7.42. The summed E-state index contributed by atoms with van der Waals surface area (Å²) in [5.74, 6) is -0.115. The highest BCUT2D eigenvalue weighted by atomic mass is 79.9. The van der Waals surface area contributed by atoms with Gasteiger partial charge in [0.2, 0.25) is 5.91 Å². The summed E-state index contributed by atoms with van der Waals surface area (Å²) in [7, 11) is 0. The van der Waals surface area contributed by atoms with Gasteiger partial charge >= 0.3 is 0 Å². The van der Waals surface area contributed by atoms with Crippen molar-refractivity contribution in [3.63, 3.8) is 0 Å². The molecule has 0 saturated heterocycles. The number of anilines is 2. The van der Waals surface area contributed by atoms with E-state index in [2.05, 4.69) is 31.9 Å². The molecular formula is C21H24BrN3O3S. The molecule has 0 unspecified atom stereocenters. The van der Waals surface area contributed by atoms with Crippen molar-refractivity contribution in [2.75, 3.05) is 10.6 Å². The van der Waals surface area contributed by atoms with Crippen molar-refractivity contribution in [2.24, 2.45) is 5.92 Å². The normalized spacial score (nSPS) is 10.6. The summed E-state index contributed by atoms with van der Waals surface area (Å²) in [6.07, 6.45) is -0.0726. The van der Waals surface area contributed by atoms with E-state index < -0.39 is 0 Å². The number of thiocarbonyl (C=S) groups is 1. The van der Waals surface area contributed by atoms with Crippen molar-refractivity contribution >= 4 is 56.4 Å². The van der Waals surface area contributed by atoms with Crippen LogP contribution in [0.4, 0.5) is 11.4 Å². The number of halogens is 1. The zero-order chi connectivity index (χ0) is 21.6. The molecule has 0 fully saturated rings. The first-order valence-electron chi connectivity index (χ1n) is 9.15. The molecule has 8 heteroatoms. The van der Waals surface area contributed by atoms with E-state index in [-0.39, 0.29) is 28.9 Å². The van der Waals surface area contributed by atoms with E-state index in [4.69, 9.17) is 17.0 Å². The Kier molecular flexibility index (Phi) is 8.16. The van der Waals surface area contributed by atoms with Gasteiger partial charge in [-0.25, -0.2) is 0 Å². The SMILES string of the molecule is CC(C)Oc1ccc(Br)cc1C(=O)NC(=S)Nc1cccc(NC(=O)C(C)C)c1. The predicted molar refractivity (Wildman–Crippen MR) is 124 cm³/mol. The van der Waals surface area contributed by atoms with E-state index in [9.17, 15) is 9.59 Å². The van der Waals surface area contributed by atoms with Gasteiger partial charge in [0.15, 0.2) is 5.11 Å². The van der Waals surface area contributed by atoms with Crippen LogP contribution in [0.5, 0.6) is 5.75 Å². The Labute approximate surface area is 184 Å². The molecule has 0 aromatic heterocycles. The monoisotopic (exact) mass is 477 g/mol. The van der Waals surface area contributed by atoms with Gasteiger partial charge in [0, 0.05) is 21.8 Å². The molecule has 2 amide bonds. The molecule has 0 heterocycles. The Hall–Kier alpha value is -2.45. The van der Waals surface area contributed by atoms with Crippen molar-refractivity contribution in [1.29, 1.82) is 0 Å². The first-order valence-corrected chi connectivity index (χ1v) is 10.3. The lowest BCUT2D eigenvalue weighted by Gasteiger charge is -2.15. The maximum absolute atomic E-state index is 12.7. The average molecular weight is 478 g/mol. The van der Waals surface area contributed by atoms with Gasteiger partial charge in [-0.15, -0.1) is 0 Å². The maximum Gasteiger partial charge on any atom is 0.261 e. The zero-order valence-corrected chi connectivity index (χ0v) is 19.1. The molecule has 0 aliphatic heterocycles. The van der Waals surface area contributed by atoms with Gasteiger partial charge in [0.25, 0.3) is 5.91 Å². The van der Waals surface area contributed by atoms with Crippen LogP contribution in [0.3, 0.4) is 0 Å². The van der Waals surface area contributed by atoms with Crippen molar-refractivity contribution in [2.45, 2.75) is 33.8 Å². The Morgan fingerprint density at radius 1 is 1.00 bits per heavy atom. The fourth-order valence-electron chi connectivity index (χ4n) is 2.33. The largest absolute Gasteiger partial charge is 0.490 e. The molecule has 154 valence electrons. The third-order valence-electron chi connectivity index (χ3n) is 3.69. The van der Waals surface area contributed by atoms with E-state index in [0.29, 0.717) is 22.7 Å². The number of ether oxygens (including phenoxy) is 1. The average Bonchev–Trinajstić information content (AvgIpc) is 2.62. The molecule has 3 N–H and O–H groups in total. The second-order valence-corrected chi connectivity index (χ2v) is 8.26. The van der Waals surface area contributed by atoms with Crippen LogP contribution in [0.25, 0.3) is 0 Å². The van der Waals surface area contributed by atoms with Gasteiger partial charge < -0.3 is 15.4 Å². The number of hydrogen-bond donors (Lipinski definition) is 3. The van der Waals surface area contributed by atoms with Crippen molar-refractivity contribution in [3.05, 3.63) is 52.5 Å². The quantitative estimate of drug-likeness (QED) is 0.512. The van der Waals surface area contributed by atoms with Crippen LogP contribution in [-0.2, 0) is 4.79 Å². The van der Waals surface area contributed by atoms with Crippen LogP contribution in [0.1, 0.15) is 38.1 Å². The minimum absolute atomic E-state index is 0.0726. The first-order chi connectivity index (χ1) is 13.7. The highest BCUT2D eigenvalue weighted by molar-refractivity contribution is 9.10. The highest BCUT2D eigenvalue weighted by Gasteiger charge is 2.16. The summed E-state index contributed by atoms with van der Waals surface area (Å²) in [5, 5.41) is 8.57. The summed E-state index contributed by atoms with van der Waals surface area (Å²) in [5.41, 5.74) is 1.65. The lowest BCUT2D eigenvalue weighted by Crippen LogP contribution is -2.34. The molecular weight excluding hydrogens is 454 g/mol. The Balaban J connectivity index is 2.07. The smallest absolute Gasteiger partial charge is 0.261 e. The summed E-state index contributed by atoms with van der Waals surface area (Å²) >= 11 is 8.64. The lowest BCUT2D eigenvalue weighted by molar-refractivity contribution is -0.118. The van der Waals surface area contributed by atoms with Gasteiger partial charge in [0.1, 0.15) is 5.75 Å². The Morgan fingerprint density at radius 3 is 2.28 bits per heavy atom. The Bertz CT molecular complexity index is 916. The summed E-state index contributed by atoms with van der Waals surface area (Å²) < 4.78 is 6.46. The molecule has 0 spiro atoms. The topological polar surface area (TPSA) is 79.5 Å². The minimum atomic E-state index is -0.385. The third kappa shape index (κ3) is 7.14. The van der Waals surface area contributed by atoms with E-state index in [1.165, 1.54) is 0 Å². The summed E-state index contributed by atoms with van der Waals surface area (Å²) in [4.78, 5) is 24.5. The minimum Gasteiger partial charge on any atom is -0.490 e. The van der Waals surface area contributed by atoms with E-state index in [1.807, 2.05) is 33.8 Å². The second-order valence-electron chi connectivity index (χ2n) is 6.94. The van der Waals surface area contributed by atoms with Crippen LogP contribution in [-0.4, -0.2) is 23.0 Å². The number of carbonyl (C=O) groups excluding carboxylic acids is 2. The van der Waals surface area contributed by atoms with Crippen LogP contribution in [0.15, 0.2) is 46.9 Å². The third-order valence-corrected chi connectivity index (χ3v) is 4.39. The molecule has 0 bridgehead atoms. The highest BCUT2D eigenvalue weighted by Crippen LogP contribution is 2.24. The van der Waals surface area contributed by atoms with Gasteiger partial charge in [-0.1, -0.05) is 35.8 Å². The number of hydrogen-bond acceptors (Lipinski definition) is 4. The van der Waals surface area contributed by atoms with Crippen LogP contribution in [0, 0.1) is 5.92 Å². The first kappa shape index (κ1) is 22.8. The van der Waals surface area contributed by atoms with E-state index in [1.54, 1.807) is 36.4 Å². The van der Waals surface area contributed by atoms with Gasteiger partial charge in [0.05, 0.1) is 11.7 Å². The molecule has 2 rings (SSSR count). The molecule has 0 aliphatic rings. The van der Waals surface area contributed by atoms with Gasteiger partial charge in [-0.3, -0.25) is 14.9 Å². The number of rotatable bonds is 6. The van der Waals surface area contributed by atoms with Crippen molar-refractivity contribution in [1.82, 2.24) is 5.32 Å². The van der Waals surface area contributed by atoms with Crippen molar-refractivity contribution < 1.29 is 14.3 Å². The maximum atomic E-state index is 12.7.